The maximum Gasteiger partial charge on any atom is 0.304 e. The summed E-state index contributed by atoms with van der Waals surface area (Å²) in [5.41, 5.74) is 5.74. The van der Waals surface area contributed by atoms with Gasteiger partial charge in [0.1, 0.15) is 0 Å². The fourth-order valence-corrected chi connectivity index (χ4v) is 3.62. The number of hydrogen-bond donors (Lipinski definition) is 2. The molecule has 0 bridgehead atoms. The van der Waals surface area contributed by atoms with Gasteiger partial charge in [0.15, 0.2) is 0 Å². The Hall–Kier alpha value is -0.660. The van der Waals surface area contributed by atoms with Gasteiger partial charge >= 0.3 is 5.97 Å². The zero-order valence-electron chi connectivity index (χ0n) is 9.30. The van der Waals surface area contributed by atoms with Crippen LogP contribution in [-0.4, -0.2) is 48.2 Å². The van der Waals surface area contributed by atoms with Crippen molar-refractivity contribution in [1.29, 1.82) is 0 Å². The Morgan fingerprint density at radius 1 is 1.56 bits per heavy atom. The Bertz CT molecular complexity index is 355. The lowest BCUT2D eigenvalue weighted by molar-refractivity contribution is -0.136. The molecule has 0 aliphatic carbocycles. The minimum atomic E-state index is -3.45. The predicted molar refractivity (Wildman–Crippen MR) is 59.4 cm³/mol. The smallest absolute Gasteiger partial charge is 0.304 e. The first-order valence-electron chi connectivity index (χ1n) is 5.30. The predicted octanol–water partition coefficient (Wildman–Crippen LogP) is -0.397. The number of rotatable bonds is 4. The van der Waals surface area contributed by atoms with E-state index in [0.29, 0.717) is 19.4 Å². The molecule has 0 aromatic heterocycles. The van der Waals surface area contributed by atoms with E-state index in [2.05, 4.69) is 0 Å². The molecule has 1 fully saturated rings. The Morgan fingerprint density at radius 2 is 2.19 bits per heavy atom. The van der Waals surface area contributed by atoms with Gasteiger partial charge in [-0.15, -0.1) is 0 Å². The van der Waals surface area contributed by atoms with E-state index < -0.39 is 16.0 Å². The molecule has 0 aromatic rings. The molecule has 0 amide bonds. The van der Waals surface area contributed by atoms with E-state index in [1.807, 2.05) is 0 Å². The van der Waals surface area contributed by atoms with Crippen LogP contribution in [0.4, 0.5) is 0 Å². The summed E-state index contributed by atoms with van der Waals surface area (Å²) in [6, 6.07) is -0.0940. The maximum atomic E-state index is 11.8. The van der Waals surface area contributed by atoms with Gasteiger partial charge in [-0.25, -0.2) is 8.42 Å². The highest BCUT2D eigenvalue weighted by Crippen LogP contribution is 2.20. The summed E-state index contributed by atoms with van der Waals surface area (Å²) in [5.74, 6) is -1.42. The van der Waals surface area contributed by atoms with Gasteiger partial charge in [0.25, 0.3) is 0 Å². The van der Waals surface area contributed by atoms with Gasteiger partial charge in [-0.3, -0.25) is 4.79 Å². The first-order valence-corrected chi connectivity index (χ1v) is 6.90. The lowest BCUT2D eigenvalue weighted by atomic mass is 10.0. The van der Waals surface area contributed by atoms with Crippen LogP contribution in [0.3, 0.4) is 0 Å². The van der Waals surface area contributed by atoms with Crippen LogP contribution >= 0.6 is 0 Å². The molecule has 16 heavy (non-hydrogen) atoms. The number of hydrogen-bond acceptors (Lipinski definition) is 4. The van der Waals surface area contributed by atoms with Crippen LogP contribution in [0.15, 0.2) is 0 Å². The Balaban J connectivity index is 2.65. The van der Waals surface area contributed by atoms with Crippen LogP contribution in [0.1, 0.15) is 26.2 Å². The van der Waals surface area contributed by atoms with Crippen molar-refractivity contribution in [1.82, 2.24) is 4.31 Å². The molecule has 1 aliphatic rings. The molecule has 0 radical (unpaired) electrons. The molecular formula is C9H18N2O4S. The molecule has 1 saturated heterocycles. The summed E-state index contributed by atoms with van der Waals surface area (Å²) >= 11 is 0. The van der Waals surface area contributed by atoms with Crippen molar-refractivity contribution in [3.05, 3.63) is 0 Å². The van der Waals surface area contributed by atoms with Crippen LogP contribution in [0.5, 0.6) is 0 Å². The van der Waals surface area contributed by atoms with Crippen molar-refractivity contribution in [3.8, 4) is 0 Å². The highest BCUT2D eigenvalue weighted by atomic mass is 32.2. The van der Waals surface area contributed by atoms with Gasteiger partial charge in [0.2, 0.25) is 10.0 Å². The molecule has 0 saturated carbocycles. The normalized spacial score (nSPS) is 27.9. The minimum Gasteiger partial charge on any atom is -0.481 e. The summed E-state index contributed by atoms with van der Waals surface area (Å²) in [6.07, 6.45) is 0.917. The zero-order chi connectivity index (χ0) is 12.3. The fourth-order valence-electron chi connectivity index (χ4n) is 1.93. The Kier molecular flexibility index (Phi) is 4.28. The van der Waals surface area contributed by atoms with Crippen molar-refractivity contribution < 1.29 is 18.3 Å². The highest BCUT2D eigenvalue weighted by Gasteiger charge is 2.32. The minimum absolute atomic E-state index is 0.0425. The van der Waals surface area contributed by atoms with Gasteiger partial charge in [0.05, 0.1) is 12.2 Å². The summed E-state index contributed by atoms with van der Waals surface area (Å²) in [4.78, 5) is 10.4. The third-order valence-electron chi connectivity index (χ3n) is 2.79. The van der Waals surface area contributed by atoms with E-state index in [1.165, 1.54) is 4.31 Å². The molecule has 0 spiro atoms. The number of piperidine rings is 1. The lowest BCUT2D eigenvalue weighted by Gasteiger charge is -2.35. The van der Waals surface area contributed by atoms with Gasteiger partial charge < -0.3 is 10.8 Å². The monoisotopic (exact) mass is 250 g/mol. The van der Waals surface area contributed by atoms with Gasteiger partial charge in [0, 0.05) is 18.6 Å². The van der Waals surface area contributed by atoms with Gasteiger partial charge in [-0.2, -0.15) is 4.31 Å². The molecule has 1 aliphatic heterocycles. The van der Waals surface area contributed by atoms with Crippen LogP contribution in [0.25, 0.3) is 0 Å². The van der Waals surface area contributed by atoms with E-state index in [0.717, 1.165) is 0 Å². The second kappa shape index (κ2) is 5.11. The Labute approximate surface area is 95.5 Å². The average Bonchev–Trinajstić information content (AvgIpc) is 2.14. The Morgan fingerprint density at radius 3 is 2.69 bits per heavy atom. The average molecular weight is 250 g/mol. The first-order chi connectivity index (χ1) is 7.33. The molecule has 2 atom stereocenters. The van der Waals surface area contributed by atoms with Crippen molar-refractivity contribution in [2.75, 3.05) is 12.3 Å². The number of aliphatic carboxylic acids is 1. The van der Waals surface area contributed by atoms with Crippen molar-refractivity contribution in [2.45, 2.75) is 38.3 Å². The van der Waals surface area contributed by atoms with Gasteiger partial charge in [-0.05, 0) is 19.8 Å². The first kappa shape index (κ1) is 13.4. The molecule has 1 heterocycles. The second-order valence-corrected chi connectivity index (χ2v) is 6.25. The van der Waals surface area contributed by atoms with Crippen molar-refractivity contribution in [3.63, 3.8) is 0 Å². The number of nitrogens with zero attached hydrogens (tertiary/aromatic N) is 1. The number of carbonyl (C=O) groups is 1. The largest absolute Gasteiger partial charge is 0.481 e. The summed E-state index contributed by atoms with van der Waals surface area (Å²) < 4.78 is 25.0. The summed E-state index contributed by atoms with van der Waals surface area (Å²) in [5, 5.41) is 8.48. The molecule has 3 N–H and O–H groups in total. The standard InChI is InChI=1S/C9H18N2O4S/c1-7-6-8(10)2-4-11(7)16(14,15)5-3-9(12)13/h7-8H,2-6,10H2,1H3,(H,12,13). The third kappa shape index (κ3) is 3.43. The SMILES string of the molecule is CC1CC(N)CCN1S(=O)(=O)CCC(=O)O. The van der Waals surface area contributed by atoms with Crippen LogP contribution in [0, 0.1) is 0 Å². The van der Waals surface area contributed by atoms with Gasteiger partial charge in [-0.1, -0.05) is 0 Å². The quantitative estimate of drug-likeness (QED) is 0.707. The van der Waals surface area contributed by atoms with E-state index in [1.54, 1.807) is 6.92 Å². The third-order valence-corrected chi connectivity index (χ3v) is 4.76. The van der Waals surface area contributed by atoms with Crippen LogP contribution in [-0.2, 0) is 14.8 Å². The lowest BCUT2D eigenvalue weighted by Crippen LogP contribution is -2.49. The summed E-state index contributed by atoms with van der Waals surface area (Å²) in [6.45, 7) is 2.20. The van der Waals surface area contributed by atoms with E-state index >= 15 is 0 Å². The van der Waals surface area contributed by atoms with Crippen molar-refractivity contribution in [2.24, 2.45) is 5.73 Å². The topological polar surface area (TPSA) is 101 Å². The molecular weight excluding hydrogens is 232 g/mol. The summed E-state index contributed by atoms with van der Waals surface area (Å²) in [7, 11) is -3.45. The number of nitrogens with two attached hydrogens (primary N) is 1. The number of sulfonamides is 1. The van der Waals surface area contributed by atoms with E-state index in [-0.39, 0.29) is 24.3 Å². The zero-order valence-corrected chi connectivity index (χ0v) is 10.1. The van der Waals surface area contributed by atoms with Crippen molar-refractivity contribution >= 4 is 16.0 Å². The van der Waals surface area contributed by atoms with Crippen LogP contribution in [0.2, 0.25) is 0 Å². The highest BCUT2D eigenvalue weighted by molar-refractivity contribution is 7.89. The molecule has 0 aromatic carbocycles. The van der Waals surface area contributed by atoms with Crippen LogP contribution < -0.4 is 5.73 Å². The molecule has 1 rings (SSSR count). The number of carboxylic acids is 1. The second-order valence-electron chi connectivity index (χ2n) is 4.20. The number of carboxylic acid groups (broad SMARTS) is 1. The van der Waals surface area contributed by atoms with E-state index in [4.69, 9.17) is 10.8 Å². The molecule has 2 unspecified atom stereocenters. The van der Waals surface area contributed by atoms with E-state index in [9.17, 15) is 13.2 Å². The molecule has 94 valence electrons. The fraction of sp³-hybridized carbons (Fsp3) is 0.889. The molecule has 6 nitrogen and oxygen atoms in total. The molecule has 7 heteroatoms. The maximum absolute atomic E-state index is 11.8.